The van der Waals surface area contributed by atoms with Gasteiger partial charge in [0.15, 0.2) is 5.75 Å². The van der Waals surface area contributed by atoms with Gasteiger partial charge in [-0.1, -0.05) is 35.3 Å². The average Bonchev–Trinajstić information content (AvgIpc) is 3.15. The standard InChI is InChI=1S/C18H13Cl2F3N4O3/c1-26(8-10-2-4-12(5-3-10)30-18(21,22)23)17(29)16-24-9-27(25-16)11-6-13(19)15(28)14(20)7-11/h2-7,9,28H,8H2,1H3. The van der Waals surface area contributed by atoms with Crippen LogP contribution in [-0.4, -0.2) is 44.1 Å². The van der Waals surface area contributed by atoms with Crippen LogP contribution in [0.3, 0.4) is 0 Å². The van der Waals surface area contributed by atoms with Crippen molar-refractivity contribution in [2.45, 2.75) is 12.9 Å². The third-order valence-corrected chi connectivity index (χ3v) is 4.45. The Morgan fingerprint density at radius 1 is 1.20 bits per heavy atom. The number of phenols is 1. The van der Waals surface area contributed by atoms with Crippen molar-refractivity contribution in [3.05, 3.63) is 64.2 Å². The van der Waals surface area contributed by atoms with E-state index >= 15 is 0 Å². The van der Waals surface area contributed by atoms with E-state index in [9.17, 15) is 23.1 Å². The fraction of sp³-hybridized carbons (Fsp3) is 0.167. The lowest BCUT2D eigenvalue weighted by molar-refractivity contribution is -0.274. The fourth-order valence-corrected chi connectivity index (χ4v) is 2.96. The van der Waals surface area contributed by atoms with Crippen molar-refractivity contribution in [1.29, 1.82) is 0 Å². The van der Waals surface area contributed by atoms with Gasteiger partial charge >= 0.3 is 6.36 Å². The Kier molecular flexibility index (Phi) is 6.09. The summed E-state index contributed by atoms with van der Waals surface area (Å²) in [5, 5.41) is 13.7. The molecule has 30 heavy (non-hydrogen) atoms. The molecule has 158 valence electrons. The highest BCUT2D eigenvalue weighted by Gasteiger charge is 2.31. The molecule has 0 aliphatic rings. The smallest absolute Gasteiger partial charge is 0.505 e. The monoisotopic (exact) mass is 460 g/mol. The van der Waals surface area contributed by atoms with Crippen LogP contribution in [0.2, 0.25) is 10.0 Å². The van der Waals surface area contributed by atoms with E-state index in [4.69, 9.17) is 23.2 Å². The molecule has 0 saturated heterocycles. The van der Waals surface area contributed by atoms with Crippen LogP contribution >= 0.6 is 23.2 Å². The molecule has 1 heterocycles. The summed E-state index contributed by atoms with van der Waals surface area (Å²) in [6.07, 6.45) is -3.49. The van der Waals surface area contributed by atoms with Crippen molar-refractivity contribution < 1.29 is 27.8 Å². The number of carbonyl (C=O) groups is 1. The SMILES string of the molecule is CN(Cc1ccc(OC(F)(F)F)cc1)C(=O)c1ncn(-c2cc(Cl)c(O)c(Cl)c2)n1. The molecule has 7 nitrogen and oxygen atoms in total. The van der Waals surface area contributed by atoms with E-state index in [2.05, 4.69) is 14.8 Å². The summed E-state index contributed by atoms with van der Waals surface area (Å²) >= 11 is 11.8. The van der Waals surface area contributed by atoms with E-state index in [0.717, 1.165) is 12.1 Å². The zero-order chi connectivity index (χ0) is 22.1. The van der Waals surface area contributed by atoms with E-state index in [1.54, 1.807) is 0 Å². The average molecular weight is 461 g/mol. The first-order chi connectivity index (χ1) is 14.0. The van der Waals surface area contributed by atoms with Crippen LogP contribution < -0.4 is 4.74 Å². The van der Waals surface area contributed by atoms with Gasteiger partial charge < -0.3 is 14.7 Å². The second-order valence-electron chi connectivity index (χ2n) is 6.12. The minimum absolute atomic E-state index is 0.0101. The number of nitrogens with zero attached hydrogens (tertiary/aromatic N) is 4. The van der Waals surface area contributed by atoms with Gasteiger partial charge in [-0.25, -0.2) is 9.67 Å². The number of aromatic hydroxyl groups is 1. The summed E-state index contributed by atoms with van der Waals surface area (Å²) < 4.78 is 41.7. The molecule has 1 aromatic heterocycles. The maximum Gasteiger partial charge on any atom is 0.573 e. The van der Waals surface area contributed by atoms with Gasteiger partial charge in [-0.15, -0.1) is 18.3 Å². The lowest BCUT2D eigenvalue weighted by Crippen LogP contribution is -2.27. The van der Waals surface area contributed by atoms with Crippen molar-refractivity contribution in [3.63, 3.8) is 0 Å². The molecule has 1 N–H and O–H groups in total. The van der Waals surface area contributed by atoms with Gasteiger partial charge in [-0.05, 0) is 29.8 Å². The van der Waals surface area contributed by atoms with Gasteiger partial charge in [0.25, 0.3) is 5.91 Å². The van der Waals surface area contributed by atoms with E-state index in [1.807, 2.05) is 0 Å². The van der Waals surface area contributed by atoms with E-state index < -0.39 is 12.3 Å². The van der Waals surface area contributed by atoms with Gasteiger partial charge in [0.2, 0.25) is 5.82 Å². The lowest BCUT2D eigenvalue weighted by Gasteiger charge is -2.16. The third kappa shape index (κ3) is 5.14. The molecule has 12 heteroatoms. The van der Waals surface area contributed by atoms with Gasteiger partial charge in [-0.2, -0.15) is 0 Å². The molecule has 0 atom stereocenters. The van der Waals surface area contributed by atoms with Crippen molar-refractivity contribution in [2.24, 2.45) is 0 Å². The highest BCUT2D eigenvalue weighted by Crippen LogP contribution is 2.33. The zero-order valence-electron chi connectivity index (χ0n) is 15.2. The number of hydrogen-bond acceptors (Lipinski definition) is 5. The summed E-state index contributed by atoms with van der Waals surface area (Å²) in [4.78, 5) is 17.8. The summed E-state index contributed by atoms with van der Waals surface area (Å²) in [7, 11) is 1.50. The molecule has 0 fully saturated rings. The van der Waals surface area contributed by atoms with Crippen LogP contribution in [0, 0.1) is 0 Å². The highest BCUT2D eigenvalue weighted by molar-refractivity contribution is 6.37. The molecule has 3 rings (SSSR count). The number of carbonyl (C=O) groups excluding carboxylic acids is 1. The lowest BCUT2D eigenvalue weighted by atomic mass is 10.2. The second kappa shape index (κ2) is 8.41. The Hall–Kier alpha value is -2.98. The van der Waals surface area contributed by atoms with E-state index in [1.165, 1.54) is 47.2 Å². The minimum atomic E-state index is -4.77. The number of amides is 1. The minimum Gasteiger partial charge on any atom is -0.505 e. The van der Waals surface area contributed by atoms with Gasteiger partial charge in [0.05, 0.1) is 15.7 Å². The Morgan fingerprint density at radius 3 is 2.37 bits per heavy atom. The fourth-order valence-electron chi connectivity index (χ4n) is 2.48. The van der Waals surface area contributed by atoms with Crippen molar-refractivity contribution in [3.8, 4) is 17.2 Å². The normalized spacial score (nSPS) is 11.4. The summed E-state index contributed by atoms with van der Waals surface area (Å²) in [6.45, 7) is 0.108. The number of ether oxygens (including phenoxy) is 1. The molecule has 0 saturated carbocycles. The van der Waals surface area contributed by atoms with Crippen molar-refractivity contribution in [2.75, 3.05) is 7.05 Å². The van der Waals surface area contributed by atoms with Crippen molar-refractivity contribution in [1.82, 2.24) is 19.7 Å². The van der Waals surface area contributed by atoms with Crippen LogP contribution in [0.1, 0.15) is 16.2 Å². The van der Waals surface area contributed by atoms with E-state index in [0.29, 0.717) is 11.3 Å². The van der Waals surface area contributed by atoms with E-state index in [-0.39, 0.29) is 33.9 Å². The quantitative estimate of drug-likeness (QED) is 0.608. The number of benzene rings is 2. The molecule has 3 aromatic rings. The summed E-state index contributed by atoms with van der Waals surface area (Å²) in [6, 6.07) is 7.95. The topological polar surface area (TPSA) is 80.5 Å². The molecular formula is C18H13Cl2F3N4O3. The molecule has 2 aromatic carbocycles. The number of phenolic OH excluding ortho intramolecular Hbond substituents is 1. The number of rotatable bonds is 5. The first-order valence-electron chi connectivity index (χ1n) is 8.23. The van der Waals surface area contributed by atoms with Crippen LogP contribution in [0.25, 0.3) is 5.69 Å². The molecule has 0 bridgehead atoms. The first-order valence-corrected chi connectivity index (χ1v) is 8.99. The predicted octanol–water partition coefficient (Wildman–Crippen LogP) is 4.45. The summed E-state index contributed by atoms with van der Waals surface area (Å²) in [5.74, 6) is -1.26. The predicted molar refractivity (Wildman–Crippen MR) is 102 cm³/mol. The Balaban J connectivity index is 1.70. The Morgan fingerprint density at radius 2 is 1.80 bits per heavy atom. The number of aromatic nitrogens is 3. The third-order valence-electron chi connectivity index (χ3n) is 3.87. The number of hydrogen-bond donors (Lipinski definition) is 1. The number of halogens is 5. The van der Waals surface area contributed by atoms with Crippen LogP contribution in [-0.2, 0) is 6.54 Å². The highest BCUT2D eigenvalue weighted by atomic mass is 35.5. The Labute approximate surface area is 178 Å². The molecule has 0 aliphatic heterocycles. The van der Waals surface area contributed by atoms with Gasteiger partial charge in [0.1, 0.15) is 12.1 Å². The Bertz CT molecular complexity index is 1050. The molecular weight excluding hydrogens is 448 g/mol. The van der Waals surface area contributed by atoms with Crippen LogP contribution in [0.4, 0.5) is 13.2 Å². The van der Waals surface area contributed by atoms with Crippen LogP contribution in [0.5, 0.6) is 11.5 Å². The molecule has 0 aliphatic carbocycles. The molecule has 0 unspecified atom stereocenters. The van der Waals surface area contributed by atoms with Gasteiger partial charge in [0, 0.05) is 13.6 Å². The van der Waals surface area contributed by atoms with Gasteiger partial charge in [-0.3, -0.25) is 4.79 Å². The largest absolute Gasteiger partial charge is 0.573 e. The first kappa shape index (κ1) is 21.7. The molecule has 0 radical (unpaired) electrons. The van der Waals surface area contributed by atoms with Crippen molar-refractivity contribution >= 4 is 29.1 Å². The van der Waals surface area contributed by atoms with Crippen LogP contribution in [0.15, 0.2) is 42.7 Å². The maximum atomic E-state index is 12.6. The second-order valence-corrected chi connectivity index (χ2v) is 6.94. The maximum absolute atomic E-state index is 12.6. The molecule has 0 spiro atoms. The zero-order valence-corrected chi connectivity index (χ0v) is 16.7. The summed E-state index contributed by atoms with van der Waals surface area (Å²) in [5.41, 5.74) is 0.967. The number of alkyl halides is 3. The molecule has 1 amide bonds.